The topological polar surface area (TPSA) is 34.9 Å². The van der Waals surface area contributed by atoms with Gasteiger partial charge in [0.2, 0.25) is 0 Å². The molecule has 2 aromatic rings. The van der Waals surface area contributed by atoms with Gasteiger partial charge in [-0.2, -0.15) is 0 Å². The first-order valence-corrected chi connectivity index (χ1v) is 7.12. The first-order valence-electron chi connectivity index (χ1n) is 6.33. The van der Waals surface area contributed by atoms with Gasteiger partial charge in [0.1, 0.15) is 5.82 Å². The molecule has 0 bridgehead atoms. The van der Waals surface area contributed by atoms with Gasteiger partial charge in [-0.15, -0.1) is 0 Å². The molecular weight excluding hydrogens is 304 g/mol. The third kappa shape index (κ3) is 2.95. The summed E-state index contributed by atoms with van der Waals surface area (Å²) in [6, 6.07) is 3.86. The summed E-state index contributed by atoms with van der Waals surface area (Å²) in [5.74, 6) is 0.935. The Morgan fingerprint density at radius 1 is 1.32 bits per heavy atom. The Balaban J connectivity index is 2.26. The van der Waals surface area contributed by atoms with Gasteiger partial charge in [0.15, 0.2) is 5.78 Å². The number of benzene rings is 1. The number of imidazole rings is 1. The van der Waals surface area contributed by atoms with Gasteiger partial charge in [0.25, 0.3) is 0 Å². The molecule has 0 aliphatic rings. The SMILES string of the molecule is CCn1ccnc1CC(=O)c1cc(C)c(Br)c(C)c1. The van der Waals surface area contributed by atoms with Crippen molar-refractivity contribution in [3.05, 3.63) is 51.5 Å². The van der Waals surface area contributed by atoms with Crippen LogP contribution < -0.4 is 0 Å². The zero-order chi connectivity index (χ0) is 14.0. The van der Waals surface area contributed by atoms with Crippen LogP contribution in [0.1, 0.15) is 34.2 Å². The number of Topliss-reactive ketones (excluding diaryl/α,β-unsaturated/α-hetero) is 1. The third-order valence-electron chi connectivity index (χ3n) is 3.22. The lowest BCUT2D eigenvalue weighted by Gasteiger charge is -2.08. The summed E-state index contributed by atoms with van der Waals surface area (Å²) < 4.78 is 3.07. The van der Waals surface area contributed by atoms with E-state index in [0.717, 1.165) is 33.5 Å². The summed E-state index contributed by atoms with van der Waals surface area (Å²) in [6.07, 6.45) is 3.99. The normalized spacial score (nSPS) is 10.7. The molecule has 0 unspecified atom stereocenters. The fraction of sp³-hybridized carbons (Fsp3) is 0.333. The molecule has 0 fully saturated rings. The molecule has 0 atom stereocenters. The molecule has 100 valence electrons. The van der Waals surface area contributed by atoms with Gasteiger partial charge in [0, 0.05) is 29.0 Å². The van der Waals surface area contributed by atoms with Gasteiger partial charge < -0.3 is 4.57 Å². The number of carbonyl (C=O) groups excluding carboxylic acids is 1. The van der Waals surface area contributed by atoms with Crippen LogP contribution in [0.4, 0.5) is 0 Å². The van der Waals surface area contributed by atoms with Gasteiger partial charge in [0.05, 0.1) is 6.42 Å². The summed E-state index contributed by atoms with van der Waals surface area (Å²) in [4.78, 5) is 16.6. The van der Waals surface area contributed by atoms with E-state index in [1.807, 2.05) is 43.7 Å². The van der Waals surface area contributed by atoms with E-state index in [9.17, 15) is 4.79 Å². The molecule has 0 radical (unpaired) electrons. The maximum atomic E-state index is 12.3. The molecule has 1 heterocycles. The lowest BCUT2D eigenvalue weighted by atomic mass is 10.0. The van der Waals surface area contributed by atoms with Gasteiger partial charge >= 0.3 is 0 Å². The molecule has 1 aromatic carbocycles. The number of hydrogen-bond donors (Lipinski definition) is 0. The Bertz CT molecular complexity index is 593. The van der Waals surface area contributed by atoms with Crippen molar-refractivity contribution in [3.8, 4) is 0 Å². The molecule has 0 amide bonds. The minimum absolute atomic E-state index is 0.111. The zero-order valence-electron chi connectivity index (χ0n) is 11.4. The van der Waals surface area contributed by atoms with E-state index in [4.69, 9.17) is 0 Å². The van der Waals surface area contributed by atoms with Crippen LogP contribution in [0.15, 0.2) is 29.0 Å². The molecule has 0 spiro atoms. The molecule has 1 aromatic heterocycles. The second kappa shape index (κ2) is 5.70. The number of ketones is 1. The number of nitrogens with zero attached hydrogens (tertiary/aromatic N) is 2. The van der Waals surface area contributed by atoms with Gasteiger partial charge in [-0.05, 0) is 44.0 Å². The monoisotopic (exact) mass is 320 g/mol. The lowest BCUT2D eigenvalue weighted by molar-refractivity contribution is 0.0989. The van der Waals surface area contributed by atoms with Crippen molar-refractivity contribution in [2.75, 3.05) is 0 Å². The highest BCUT2D eigenvalue weighted by Gasteiger charge is 2.13. The Kier molecular flexibility index (Phi) is 4.20. The van der Waals surface area contributed by atoms with Gasteiger partial charge in [-0.1, -0.05) is 15.9 Å². The van der Waals surface area contributed by atoms with E-state index in [2.05, 4.69) is 20.9 Å². The summed E-state index contributed by atoms with van der Waals surface area (Å²) in [7, 11) is 0. The van der Waals surface area contributed by atoms with Crippen LogP contribution in [-0.2, 0) is 13.0 Å². The molecule has 0 aliphatic carbocycles. The number of hydrogen-bond acceptors (Lipinski definition) is 2. The van der Waals surface area contributed by atoms with E-state index in [1.165, 1.54) is 0 Å². The molecule has 0 saturated carbocycles. The first kappa shape index (κ1) is 14.0. The largest absolute Gasteiger partial charge is 0.335 e. The van der Waals surface area contributed by atoms with Crippen molar-refractivity contribution < 1.29 is 4.79 Å². The number of aromatic nitrogens is 2. The van der Waals surface area contributed by atoms with Crippen molar-refractivity contribution >= 4 is 21.7 Å². The minimum Gasteiger partial charge on any atom is -0.335 e. The molecule has 0 aliphatic heterocycles. The number of carbonyl (C=O) groups is 1. The summed E-state index contributed by atoms with van der Waals surface area (Å²) in [5, 5.41) is 0. The molecule has 4 heteroatoms. The fourth-order valence-corrected chi connectivity index (χ4v) is 2.38. The predicted molar refractivity (Wildman–Crippen MR) is 79.6 cm³/mol. The third-order valence-corrected chi connectivity index (χ3v) is 4.47. The fourth-order valence-electron chi connectivity index (χ4n) is 2.15. The van der Waals surface area contributed by atoms with Crippen LogP contribution in [0, 0.1) is 13.8 Å². The lowest BCUT2D eigenvalue weighted by Crippen LogP contribution is -2.10. The molecule has 0 N–H and O–H groups in total. The van der Waals surface area contributed by atoms with E-state index in [0.29, 0.717) is 6.42 Å². The van der Waals surface area contributed by atoms with Crippen molar-refractivity contribution in [2.24, 2.45) is 0 Å². The summed E-state index contributed by atoms with van der Waals surface area (Å²) in [6.45, 7) is 6.88. The van der Waals surface area contributed by atoms with Gasteiger partial charge in [-0.3, -0.25) is 4.79 Å². The Labute approximate surface area is 121 Å². The molecule has 19 heavy (non-hydrogen) atoms. The Morgan fingerprint density at radius 2 is 1.95 bits per heavy atom. The Morgan fingerprint density at radius 3 is 2.53 bits per heavy atom. The van der Waals surface area contributed by atoms with Gasteiger partial charge in [-0.25, -0.2) is 4.98 Å². The highest BCUT2D eigenvalue weighted by Crippen LogP contribution is 2.23. The van der Waals surface area contributed by atoms with Crippen LogP contribution in [0.5, 0.6) is 0 Å². The number of rotatable bonds is 4. The molecule has 0 saturated heterocycles. The van der Waals surface area contributed by atoms with Crippen molar-refractivity contribution in [3.63, 3.8) is 0 Å². The van der Waals surface area contributed by atoms with E-state index in [1.54, 1.807) is 6.20 Å². The van der Waals surface area contributed by atoms with E-state index >= 15 is 0 Å². The van der Waals surface area contributed by atoms with Crippen molar-refractivity contribution in [2.45, 2.75) is 33.7 Å². The highest BCUT2D eigenvalue weighted by molar-refractivity contribution is 9.10. The van der Waals surface area contributed by atoms with E-state index < -0.39 is 0 Å². The maximum Gasteiger partial charge on any atom is 0.170 e. The Hall–Kier alpha value is -1.42. The standard InChI is InChI=1S/C15H17BrN2O/c1-4-18-6-5-17-14(18)9-13(19)12-7-10(2)15(16)11(3)8-12/h5-8H,4,9H2,1-3H3. The number of halogens is 1. The smallest absolute Gasteiger partial charge is 0.170 e. The van der Waals surface area contributed by atoms with Crippen LogP contribution in [0.2, 0.25) is 0 Å². The first-order chi connectivity index (χ1) is 9.02. The summed E-state index contributed by atoms with van der Waals surface area (Å²) >= 11 is 3.52. The van der Waals surface area contributed by atoms with Crippen LogP contribution >= 0.6 is 15.9 Å². The highest BCUT2D eigenvalue weighted by atomic mass is 79.9. The second-order valence-electron chi connectivity index (χ2n) is 4.65. The quantitative estimate of drug-likeness (QED) is 0.805. The van der Waals surface area contributed by atoms with E-state index in [-0.39, 0.29) is 5.78 Å². The minimum atomic E-state index is 0.111. The van der Waals surface area contributed by atoms with Crippen LogP contribution in [0.3, 0.4) is 0 Å². The molecule has 2 rings (SSSR count). The average Bonchev–Trinajstić information content (AvgIpc) is 2.82. The van der Waals surface area contributed by atoms with Crippen LogP contribution in [-0.4, -0.2) is 15.3 Å². The zero-order valence-corrected chi connectivity index (χ0v) is 13.0. The predicted octanol–water partition coefficient (Wildman–Crippen LogP) is 3.71. The summed E-state index contributed by atoms with van der Waals surface area (Å²) in [5.41, 5.74) is 2.92. The number of aryl methyl sites for hydroxylation is 3. The van der Waals surface area contributed by atoms with Crippen LogP contribution in [0.25, 0.3) is 0 Å². The second-order valence-corrected chi connectivity index (χ2v) is 5.45. The molecule has 3 nitrogen and oxygen atoms in total. The average molecular weight is 321 g/mol. The molecular formula is C15H17BrN2O. The maximum absolute atomic E-state index is 12.3. The van der Waals surface area contributed by atoms with Crippen molar-refractivity contribution in [1.29, 1.82) is 0 Å². The van der Waals surface area contributed by atoms with Crippen molar-refractivity contribution in [1.82, 2.24) is 9.55 Å².